The third-order valence-corrected chi connectivity index (χ3v) is 4.18. The predicted octanol–water partition coefficient (Wildman–Crippen LogP) is 3.58. The molecule has 2 aromatic carbocycles. The van der Waals surface area contributed by atoms with E-state index in [0.29, 0.717) is 22.6 Å². The van der Waals surface area contributed by atoms with Crippen LogP contribution in [-0.2, 0) is 0 Å². The molecule has 4 rings (SSSR count). The molecule has 0 saturated heterocycles. The number of H-pyrrole nitrogens is 1. The number of benzene rings is 2. The third kappa shape index (κ3) is 2.83. The van der Waals surface area contributed by atoms with Gasteiger partial charge in [0.2, 0.25) is 5.95 Å². The Bertz CT molecular complexity index is 1160. The van der Waals surface area contributed by atoms with Crippen molar-refractivity contribution in [1.82, 2.24) is 19.6 Å². The largest absolute Gasteiger partial charge is 0.350 e. The van der Waals surface area contributed by atoms with E-state index < -0.39 is 5.69 Å². The second-order valence-corrected chi connectivity index (χ2v) is 6.14. The summed E-state index contributed by atoms with van der Waals surface area (Å²) in [5, 5.41) is 9.46. The zero-order valence-corrected chi connectivity index (χ0v) is 14.2. The van der Waals surface area contributed by atoms with Crippen molar-refractivity contribution < 1.29 is 4.39 Å². The molecule has 4 aromatic rings. The van der Waals surface area contributed by atoms with E-state index >= 15 is 0 Å². The molecule has 0 aliphatic rings. The van der Waals surface area contributed by atoms with Crippen LogP contribution in [0.1, 0.15) is 11.1 Å². The summed E-state index contributed by atoms with van der Waals surface area (Å²) in [6, 6.07) is 14.4. The lowest BCUT2D eigenvalue weighted by molar-refractivity contribution is 0.619. The zero-order valence-electron chi connectivity index (χ0n) is 14.2. The van der Waals surface area contributed by atoms with Gasteiger partial charge in [-0.05, 0) is 31.5 Å². The molecule has 2 aromatic heterocycles. The smallest absolute Gasteiger partial charge is 0.325 e. The Morgan fingerprint density at radius 2 is 1.85 bits per heavy atom. The average molecular weight is 349 g/mol. The number of nitrogens with zero attached hydrogens (tertiary/aromatic N) is 3. The number of fused-ring (bicyclic) bond motifs is 1. The SMILES string of the molecule is Cc1ccc(-c2cc3n[nH]c(=O)n3c(Nc3ccc(C)c(F)c3)n2)cc1. The number of aromatic amines is 1. The minimum absolute atomic E-state index is 0.264. The maximum atomic E-state index is 13.8. The number of anilines is 2. The number of rotatable bonds is 3. The Kier molecular flexibility index (Phi) is 3.76. The second-order valence-electron chi connectivity index (χ2n) is 6.14. The van der Waals surface area contributed by atoms with Gasteiger partial charge in [0.25, 0.3) is 0 Å². The normalized spacial score (nSPS) is 11.0. The van der Waals surface area contributed by atoms with Crippen LogP contribution in [0.3, 0.4) is 0 Å². The zero-order chi connectivity index (χ0) is 18.3. The van der Waals surface area contributed by atoms with E-state index in [4.69, 9.17) is 0 Å². The molecular formula is C19H16FN5O. The van der Waals surface area contributed by atoms with Gasteiger partial charge in [0.05, 0.1) is 5.69 Å². The summed E-state index contributed by atoms with van der Waals surface area (Å²) in [5.41, 5.74) is 3.74. The van der Waals surface area contributed by atoms with Crippen LogP contribution in [0.4, 0.5) is 16.0 Å². The number of aryl methyl sites for hydroxylation is 2. The van der Waals surface area contributed by atoms with Gasteiger partial charge < -0.3 is 5.32 Å². The molecule has 7 heteroatoms. The van der Waals surface area contributed by atoms with Gasteiger partial charge in [0.15, 0.2) is 5.65 Å². The van der Waals surface area contributed by atoms with Crippen molar-refractivity contribution in [2.24, 2.45) is 0 Å². The van der Waals surface area contributed by atoms with Crippen molar-refractivity contribution in [3.63, 3.8) is 0 Å². The summed E-state index contributed by atoms with van der Waals surface area (Å²) in [7, 11) is 0. The topological polar surface area (TPSA) is 75.1 Å². The van der Waals surface area contributed by atoms with Crippen LogP contribution in [0, 0.1) is 19.7 Å². The molecule has 130 valence electrons. The third-order valence-electron chi connectivity index (χ3n) is 4.18. The van der Waals surface area contributed by atoms with Crippen molar-refractivity contribution in [3.05, 3.63) is 76.0 Å². The molecule has 0 fully saturated rings. The van der Waals surface area contributed by atoms with Crippen LogP contribution in [0.5, 0.6) is 0 Å². The molecule has 6 nitrogen and oxygen atoms in total. The molecule has 0 bridgehead atoms. The first-order valence-corrected chi connectivity index (χ1v) is 8.10. The van der Waals surface area contributed by atoms with E-state index in [-0.39, 0.29) is 11.8 Å². The molecule has 0 saturated carbocycles. The highest BCUT2D eigenvalue weighted by Crippen LogP contribution is 2.23. The number of aromatic nitrogens is 4. The molecule has 26 heavy (non-hydrogen) atoms. The van der Waals surface area contributed by atoms with Gasteiger partial charge in [-0.15, -0.1) is 0 Å². The molecule has 0 aliphatic heterocycles. The van der Waals surface area contributed by atoms with Crippen LogP contribution >= 0.6 is 0 Å². The van der Waals surface area contributed by atoms with Gasteiger partial charge >= 0.3 is 5.69 Å². The molecule has 0 atom stereocenters. The van der Waals surface area contributed by atoms with Gasteiger partial charge in [0, 0.05) is 17.3 Å². The number of halogens is 1. The van der Waals surface area contributed by atoms with E-state index in [1.54, 1.807) is 25.1 Å². The highest BCUT2D eigenvalue weighted by Gasteiger charge is 2.12. The molecule has 2 N–H and O–H groups in total. The standard InChI is InChI=1S/C19H16FN5O/c1-11-3-6-13(7-4-11)16-10-17-23-24-19(26)25(17)18(22-16)21-14-8-5-12(2)15(20)9-14/h3-10H,1-2H3,(H,21,22)(H,24,26). The fourth-order valence-corrected chi connectivity index (χ4v) is 2.69. The number of nitrogens with one attached hydrogen (secondary N) is 2. The van der Waals surface area contributed by atoms with E-state index in [2.05, 4.69) is 20.5 Å². The van der Waals surface area contributed by atoms with Crippen molar-refractivity contribution in [3.8, 4) is 11.3 Å². The molecule has 0 unspecified atom stereocenters. The Hall–Kier alpha value is -3.48. The van der Waals surface area contributed by atoms with Crippen LogP contribution < -0.4 is 11.0 Å². The predicted molar refractivity (Wildman–Crippen MR) is 98.2 cm³/mol. The quantitative estimate of drug-likeness (QED) is 0.593. The number of hydrogen-bond donors (Lipinski definition) is 2. The van der Waals surface area contributed by atoms with Crippen LogP contribution in [0.2, 0.25) is 0 Å². The van der Waals surface area contributed by atoms with Gasteiger partial charge in [-0.25, -0.2) is 23.7 Å². The molecule has 0 aliphatic carbocycles. The molecule has 0 amide bonds. The fraction of sp³-hybridized carbons (Fsp3) is 0.105. The van der Waals surface area contributed by atoms with Crippen molar-refractivity contribution in [2.45, 2.75) is 13.8 Å². The molecule has 2 heterocycles. The van der Waals surface area contributed by atoms with E-state index in [9.17, 15) is 9.18 Å². The van der Waals surface area contributed by atoms with Gasteiger partial charge in [-0.1, -0.05) is 35.9 Å². The minimum Gasteiger partial charge on any atom is -0.325 e. The van der Waals surface area contributed by atoms with Crippen LogP contribution in [0.25, 0.3) is 16.9 Å². The summed E-state index contributed by atoms with van der Waals surface area (Å²) in [5.74, 6) is -0.0689. The Morgan fingerprint density at radius 1 is 1.08 bits per heavy atom. The van der Waals surface area contributed by atoms with Gasteiger partial charge in [-0.3, -0.25) is 0 Å². The highest BCUT2D eigenvalue weighted by molar-refractivity contribution is 5.67. The van der Waals surface area contributed by atoms with Crippen LogP contribution in [0.15, 0.2) is 53.3 Å². The first-order valence-electron chi connectivity index (χ1n) is 8.10. The highest BCUT2D eigenvalue weighted by atomic mass is 19.1. The van der Waals surface area contributed by atoms with Gasteiger partial charge in [0.1, 0.15) is 5.82 Å². The lowest BCUT2D eigenvalue weighted by Gasteiger charge is -2.10. The maximum absolute atomic E-state index is 13.8. The summed E-state index contributed by atoms with van der Waals surface area (Å²) >= 11 is 0. The van der Waals surface area contributed by atoms with Crippen molar-refractivity contribution >= 4 is 17.3 Å². The first-order chi connectivity index (χ1) is 12.5. The lowest BCUT2D eigenvalue weighted by Crippen LogP contribution is -2.14. The number of hydrogen-bond acceptors (Lipinski definition) is 4. The Balaban J connectivity index is 1.86. The molecule has 0 spiro atoms. The summed E-state index contributed by atoms with van der Waals surface area (Å²) in [4.78, 5) is 16.6. The Morgan fingerprint density at radius 3 is 2.58 bits per heavy atom. The van der Waals surface area contributed by atoms with Crippen LogP contribution in [-0.4, -0.2) is 19.6 Å². The fourth-order valence-electron chi connectivity index (χ4n) is 2.69. The molecular weight excluding hydrogens is 333 g/mol. The van der Waals surface area contributed by atoms with Crippen molar-refractivity contribution in [2.75, 3.05) is 5.32 Å². The summed E-state index contributed by atoms with van der Waals surface area (Å²) in [6.07, 6.45) is 0. The van der Waals surface area contributed by atoms with E-state index in [1.807, 2.05) is 31.2 Å². The molecule has 0 radical (unpaired) electrons. The van der Waals surface area contributed by atoms with E-state index in [1.165, 1.54) is 10.5 Å². The Labute approximate surface area is 148 Å². The summed E-state index contributed by atoms with van der Waals surface area (Å²) in [6.45, 7) is 3.70. The minimum atomic E-state index is -0.418. The monoisotopic (exact) mass is 349 g/mol. The maximum Gasteiger partial charge on any atom is 0.350 e. The average Bonchev–Trinajstić information content (AvgIpc) is 3.00. The lowest BCUT2D eigenvalue weighted by atomic mass is 10.1. The second kappa shape index (κ2) is 6.11. The van der Waals surface area contributed by atoms with E-state index in [0.717, 1.165) is 11.1 Å². The summed E-state index contributed by atoms with van der Waals surface area (Å²) < 4.78 is 15.2. The van der Waals surface area contributed by atoms with Gasteiger partial charge in [-0.2, -0.15) is 5.10 Å². The van der Waals surface area contributed by atoms with Crippen molar-refractivity contribution in [1.29, 1.82) is 0 Å². The first kappa shape index (κ1) is 16.0.